The van der Waals surface area contributed by atoms with Gasteiger partial charge in [0, 0.05) is 29.9 Å². The number of aromatic nitrogens is 1. The summed E-state index contributed by atoms with van der Waals surface area (Å²) in [6.45, 7) is 0. The molecule has 1 aliphatic rings. The lowest BCUT2D eigenvalue weighted by Crippen LogP contribution is -2.08. The maximum absolute atomic E-state index is 11.8. The van der Waals surface area contributed by atoms with Crippen molar-refractivity contribution < 1.29 is 4.79 Å². The monoisotopic (exact) mass is 197 g/mol. The Morgan fingerprint density at radius 2 is 2.07 bits per heavy atom. The molecule has 0 saturated heterocycles. The lowest BCUT2D eigenvalue weighted by Gasteiger charge is -2.06. The van der Waals surface area contributed by atoms with E-state index in [0.717, 1.165) is 16.8 Å². The Labute approximate surface area is 87.8 Å². The first kappa shape index (κ1) is 8.48. The van der Waals surface area contributed by atoms with Gasteiger partial charge in [-0.05, 0) is 6.07 Å². The number of para-hydroxylation sites is 1. The predicted octanol–water partition coefficient (Wildman–Crippen LogP) is 2.78. The Morgan fingerprint density at radius 1 is 1.27 bits per heavy atom. The van der Waals surface area contributed by atoms with Crippen LogP contribution in [0.15, 0.2) is 30.3 Å². The van der Waals surface area contributed by atoms with Crippen molar-refractivity contribution in [3.05, 3.63) is 41.6 Å². The van der Waals surface area contributed by atoms with Crippen molar-refractivity contribution in [1.29, 1.82) is 0 Å². The van der Waals surface area contributed by atoms with E-state index in [4.69, 9.17) is 0 Å². The highest BCUT2D eigenvalue weighted by Crippen LogP contribution is 2.29. The second-order valence-corrected chi connectivity index (χ2v) is 3.87. The van der Waals surface area contributed by atoms with E-state index in [-0.39, 0.29) is 5.78 Å². The number of benzene rings is 1. The number of carbonyl (C=O) groups excluding carboxylic acids is 1. The minimum atomic E-state index is 0.214. The van der Waals surface area contributed by atoms with Crippen molar-refractivity contribution in [2.24, 2.45) is 7.05 Å². The Hall–Kier alpha value is -1.83. The first-order valence-electron chi connectivity index (χ1n) is 5.06. The van der Waals surface area contributed by atoms with Gasteiger partial charge in [-0.2, -0.15) is 0 Å². The first-order valence-corrected chi connectivity index (χ1v) is 5.06. The Bertz CT molecular complexity index is 590. The fourth-order valence-electron chi connectivity index (χ4n) is 2.31. The summed E-state index contributed by atoms with van der Waals surface area (Å²) in [6.07, 6.45) is 4.52. The van der Waals surface area contributed by atoms with Crippen LogP contribution >= 0.6 is 0 Å². The molecule has 0 bridgehead atoms. The minimum absolute atomic E-state index is 0.214. The summed E-state index contributed by atoms with van der Waals surface area (Å²) in [5, 5.41) is 1.17. The van der Waals surface area contributed by atoms with Gasteiger partial charge in [0.2, 0.25) is 0 Å². The van der Waals surface area contributed by atoms with E-state index < -0.39 is 0 Å². The summed E-state index contributed by atoms with van der Waals surface area (Å²) in [7, 11) is 1.96. The molecule has 1 aromatic heterocycles. The Morgan fingerprint density at radius 3 is 2.93 bits per heavy atom. The van der Waals surface area contributed by atoms with Crippen molar-refractivity contribution in [2.75, 3.05) is 0 Å². The molecule has 0 fully saturated rings. The number of rotatable bonds is 0. The molecule has 74 valence electrons. The number of aryl methyl sites for hydroxylation is 1. The van der Waals surface area contributed by atoms with E-state index in [1.165, 1.54) is 5.39 Å². The zero-order chi connectivity index (χ0) is 10.4. The molecule has 0 unspecified atom stereocenters. The molecule has 3 rings (SSSR count). The number of hydrogen-bond acceptors (Lipinski definition) is 1. The molecule has 0 N–H and O–H groups in total. The standard InChI is InChI=1S/C13H11NO/c1-14-11-7-3-2-5-9(11)10-6-4-8-12(15)13(10)14/h2-7H,8H2,1H3. The molecule has 2 aromatic rings. The zero-order valence-corrected chi connectivity index (χ0v) is 8.53. The van der Waals surface area contributed by atoms with Crippen LogP contribution in [-0.4, -0.2) is 10.4 Å². The van der Waals surface area contributed by atoms with E-state index in [1.807, 2.05) is 29.8 Å². The topological polar surface area (TPSA) is 22.0 Å². The molecule has 0 spiro atoms. The SMILES string of the molecule is Cn1c2c(c3ccccc31)C=CCC2=O. The molecule has 2 heteroatoms. The van der Waals surface area contributed by atoms with E-state index in [1.54, 1.807) is 0 Å². The second-order valence-electron chi connectivity index (χ2n) is 3.87. The summed E-state index contributed by atoms with van der Waals surface area (Å²) in [4.78, 5) is 11.8. The Balaban J connectivity index is 2.52. The molecule has 1 aromatic carbocycles. The molecule has 15 heavy (non-hydrogen) atoms. The minimum Gasteiger partial charge on any atom is -0.341 e. The van der Waals surface area contributed by atoms with Crippen LogP contribution in [-0.2, 0) is 7.05 Å². The number of hydrogen-bond donors (Lipinski definition) is 0. The third kappa shape index (κ3) is 1.02. The zero-order valence-electron chi connectivity index (χ0n) is 8.53. The van der Waals surface area contributed by atoms with E-state index >= 15 is 0 Å². The van der Waals surface area contributed by atoms with Crippen molar-refractivity contribution in [3.63, 3.8) is 0 Å². The molecule has 2 nitrogen and oxygen atoms in total. The highest BCUT2D eigenvalue weighted by Gasteiger charge is 2.20. The maximum atomic E-state index is 11.8. The molecule has 0 saturated carbocycles. The van der Waals surface area contributed by atoms with Gasteiger partial charge in [-0.3, -0.25) is 4.79 Å². The third-order valence-electron chi connectivity index (χ3n) is 3.00. The van der Waals surface area contributed by atoms with Gasteiger partial charge in [-0.15, -0.1) is 0 Å². The van der Waals surface area contributed by atoms with E-state index in [0.29, 0.717) is 6.42 Å². The van der Waals surface area contributed by atoms with Crippen molar-refractivity contribution in [3.8, 4) is 0 Å². The summed E-state index contributed by atoms with van der Waals surface area (Å²) < 4.78 is 2.00. The van der Waals surface area contributed by atoms with Crippen LogP contribution in [0.25, 0.3) is 17.0 Å². The summed E-state index contributed by atoms with van der Waals surface area (Å²) in [5.41, 5.74) is 3.05. The second kappa shape index (κ2) is 2.83. The smallest absolute Gasteiger partial charge is 0.183 e. The number of fused-ring (bicyclic) bond motifs is 3. The van der Waals surface area contributed by atoms with Crippen molar-refractivity contribution in [1.82, 2.24) is 4.57 Å². The maximum Gasteiger partial charge on any atom is 0.183 e. The quantitative estimate of drug-likeness (QED) is 0.636. The predicted molar refractivity (Wildman–Crippen MR) is 60.9 cm³/mol. The number of nitrogens with zero attached hydrogens (tertiary/aromatic N) is 1. The summed E-state index contributed by atoms with van der Waals surface area (Å²) in [5.74, 6) is 0.214. The van der Waals surface area contributed by atoms with Crippen LogP contribution in [0.3, 0.4) is 0 Å². The van der Waals surface area contributed by atoms with Crippen LogP contribution in [0.2, 0.25) is 0 Å². The van der Waals surface area contributed by atoms with Gasteiger partial charge in [0.25, 0.3) is 0 Å². The van der Waals surface area contributed by atoms with Gasteiger partial charge >= 0.3 is 0 Å². The fourth-order valence-corrected chi connectivity index (χ4v) is 2.31. The molecule has 0 radical (unpaired) electrons. The van der Waals surface area contributed by atoms with Gasteiger partial charge < -0.3 is 4.57 Å². The average Bonchev–Trinajstić information content (AvgIpc) is 2.55. The van der Waals surface area contributed by atoms with Crippen LogP contribution in [0, 0.1) is 0 Å². The molecular formula is C13H11NO. The summed E-state index contributed by atoms with van der Waals surface area (Å²) in [6, 6.07) is 8.13. The van der Waals surface area contributed by atoms with E-state index in [9.17, 15) is 4.79 Å². The number of ketones is 1. The van der Waals surface area contributed by atoms with Gasteiger partial charge in [-0.1, -0.05) is 30.4 Å². The van der Waals surface area contributed by atoms with Crippen molar-refractivity contribution in [2.45, 2.75) is 6.42 Å². The van der Waals surface area contributed by atoms with Crippen molar-refractivity contribution >= 4 is 22.8 Å². The summed E-state index contributed by atoms with van der Waals surface area (Å²) >= 11 is 0. The van der Waals surface area contributed by atoms with Crippen LogP contribution in [0.5, 0.6) is 0 Å². The normalized spacial score (nSPS) is 14.6. The number of allylic oxidation sites excluding steroid dienone is 1. The van der Waals surface area contributed by atoms with Gasteiger partial charge in [0.15, 0.2) is 5.78 Å². The van der Waals surface area contributed by atoms with Gasteiger partial charge in [0.05, 0.1) is 5.69 Å². The van der Waals surface area contributed by atoms with Crippen LogP contribution < -0.4 is 0 Å². The largest absolute Gasteiger partial charge is 0.341 e. The molecule has 0 atom stereocenters. The number of carbonyl (C=O) groups is 1. The van der Waals surface area contributed by atoms with Gasteiger partial charge in [0.1, 0.15) is 0 Å². The van der Waals surface area contributed by atoms with Crippen LogP contribution in [0.1, 0.15) is 22.5 Å². The van der Waals surface area contributed by atoms with Crippen LogP contribution in [0.4, 0.5) is 0 Å². The third-order valence-corrected chi connectivity index (χ3v) is 3.00. The lowest BCUT2D eigenvalue weighted by molar-refractivity contribution is 0.0987. The Kier molecular flexibility index (Phi) is 1.60. The first-order chi connectivity index (χ1) is 7.29. The lowest BCUT2D eigenvalue weighted by atomic mass is 10.0. The molecule has 0 aliphatic heterocycles. The highest BCUT2D eigenvalue weighted by molar-refractivity contribution is 6.08. The van der Waals surface area contributed by atoms with E-state index in [2.05, 4.69) is 18.2 Å². The molecular weight excluding hydrogens is 186 g/mol. The fraction of sp³-hybridized carbons (Fsp3) is 0.154. The van der Waals surface area contributed by atoms with Gasteiger partial charge in [-0.25, -0.2) is 0 Å². The molecule has 0 amide bonds. The average molecular weight is 197 g/mol. The number of Topliss-reactive ketones (excluding diaryl/α,β-unsaturated/α-hetero) is 1. The molecule has 1 heterocycles. The molecule has 1 aliphatic carbocycles. The highest BCUT2D eigenvalue weighted by atomic mass is 16.1.